The van der Waals surface area contributed by atoms with Crippen molar-refractivity contribution in [2.75, 3.05) is 0 Å². The van der Waals surface area contributed by atoms with Gasteiger partial charge in [0.05, 0.1) is 0 Å². The van der Waals surface area contributed by atoms with Gasteiger partial charge in [0.15, 0.2) is 0 Å². The highest BCUT2D eigenvalue weighted by atomic mass is 19.4. The molecule has 0 saturated carbocycles. The maximum atomic E-state index is 12.7. The van der Waals surface area contributed by atoms with Crippen molar-refractivity contribution < 1.29 is 27.9 Å². The van der Waals surface area contributed by atoms with Gasteiger partial charge in [-0.25, -0.2) is 9.50 Å². The monoisotopic (exact) mass is 359 g/mol. The van der Waals surface area contributed by atoms with Crippen LogP contribution in [0.15, 0.2) is 0 Å². The third kappa shape index (κ3) is 4.03. The minimum atomic E-state index is -4.68. The van der Waals surface area contributed by atoms with Crippen LogP contribution >= 0.6 is 0 Å². The lowest BCUT2D eigenvalue weighted by molar-refractivity contribution is -0.144. The van der Waals surface area contributed by atoms with E-state index in [4.69, 9.17) is 5.11 Å². The maximum Gasteiger partial charge on any atom is 0.453 e. The number of carbonyl (C=O) groups excluding carboxylic acids is 1. The van der Waals surface area contributed by atoms with Gasteiger partial charge < -0.3 is 10.4 Å². The number of amides is 1. The van der Waals surface area contributed by atoms with Crippen molar-refractivity contribution in [1.82, 2.24) is 24.9 Å². The molecule has 0 bridgehead atoms. The van der Waals surface area contributed by atoms with Crippen molar-refractivity contribution in [3.63, 3.8) is 0 Å². The van der Waals surface area contributed by atoms with Gasteiger partial charge in [0.1, 0.15) is 6.04 Å². The lowest BCUT2D eigenvalue weighted by Crippen LogP contribution is -2.38. The number of hydrogen-bond donors (Lipinski definition) is 2. The van der Waals surface area contributed by atoms with Crippen LogP contribution < -0.4 is 5.32 Å². The van der Waals surface area contributed by atoms with E-state index < -0.39 is 29.9 Å². The normalized spacial score (nSPS) is 13.0. The Morgan fingerprint density at radius 1 is 1.28 bits per heavy atom. The van der Waals surface area contributed by atoms with Crippen LogP contribution in [0.25, 0.3) is 5.78 Å². The molecular formula is C14H16F3N5O3. The van der Waals surface area contributed by atoms with Crippen LogP contribution in [0.2, 0.25) is 0 Å². The van der Waals surface area contributed by atoms with Crippen LogP contribution in [-0.2, 0) is 22.2 Å². The largest absolute Gasteiger partial charge is 0.480 e. The van der Waals surface area contributed by atoms with Gasteiger partial charge in [0.25, 0.3) is 11.6 Å². The highest BCUT2D eigenvalue weighted by Gasteiger charge is 2.36. The number of aromatic nitrogens is 4. The smallest absolute Gasteiger partial charge is 0.453 e. The molecule has 0 aliphatic heterocycles. The molecule has 2 N–H and O–H groups in total. The molecule has 0 unspecified atom stereocenters. The Labute approximate surface area is 140 Å². The van der Waals surface area contributed by atoms with Gasteiger partial charge in [0, 0.05) is 17.8 Å². The first kappa shape index (κ1) is 18.6. The van der Waals surface area contributed by atoms with E-state index in [1.165, 1.54) is 6.92 Å². The van der Waals surface area contributed by atoms with E-state index in [0.717, 1.165) is 4.52 Å². The topological polar surface area (TPSA) is 109 Å². The molecule has 25 heavy (non-hydrogen) atoms. The molecule has 0 aliphatic carbocycles. The average Bonchev–Trinajstić information content (AvgIpc) is 2.91. The molecular weight excluding hydrogens is 343 g/mol. The van der Waals surface area contributed by atoms with E-state index in [1.54, 1.807) is 13.8 Å². The van der Waals surface area contributed by atoms with Crippen molar-refractivity contribution in [2.24, 2.45) is 0 Å². The quantitative estimate of drug-likeness (QED) is 0.832. The van der Waals surface area contributed by atoms with Gasteiger partial charge in [-0.15, -0.1) is 5.10 Å². The van der Waals surface area contributed by atoms with Crippen molar-refractivity contribution in [3.05, 3.63) is 22.8 Å². The van der Waals surface area contributed by atoms with Crippen LogP contribution in [0, 0.1) is 13.8 Å². The van der Waals surface area contributed by atoms with Crippen LogP contribution in [0.4, 0.5) is 13.2 Å². The number of fused-ring (bicyclic) bond motifs is 1. The summed E-state index contributed by atoms with van der Waals surface area (Å²) >= 11 is 0. The number of alkyl halides is 3. The molecule has 0 fully saturated rings. The third-order valence-corrected chi connectivity index (χ3v) is 3.65. The van der Waals surface area contributed by atoms with Gasteiger partial charge in [-0.3, -0.25) is 9.59 Å². The molecule has 1 amide bonds. The van der Waals surface area contributed by atoms with E-state index in [1.807, 2.05) is 0 Å². The zero-order chi connectivity index (χ0) is 18.9. The number of nitrogens with zero attached hydrogens (tertiary/aromatic N) is 4. The number of rotatable bonds is 5. The number of aliphatic carboxylic acids is 1. The summed E-state index contributed by atoms with van der Waals surface area (Å²) in [7, 11) is 0. The molecule has 2 heterocycles. The first-order valence-electron chi connectivity index (χ1n) is 7.33. The molecule has 2 aromatic heterocycles. The molecule has 8 nitrogen and oxygen atoms in total. The van der Waals surface area contributed by atoms with E-state index >= 15 is 0 Å². The summed E-state index contributed by atoms with van der Waals surface area (Å²) in [6.07, 6.45) is -4.53. The van der Waals surface area contributed by atoms with Crippen molar-refractivity contribution in [3.8, 4) is 0 Å². The minimum absolute atomic E-state index is 0.0344. The molecule has 1 atom stereocenters. The highest BCUT2D eigenvalue weighted by molar-refractivity contribution is 5.83. The summed E-state index contributed by atoms with van der Waals surface area (Å²) in [4.78, 5) is 29.9. The SMILES string of the molecule is Cc1nc2nc(C(F)(F)F)nn2c(C)c1CCC(=O)N[C@@H](C)C(=O)O. The molecule has 11 heteroatoms. The molecule has 2 aromatic rings. The second-order valence-corrected chi connectivity index (χ2v) is 5.53. The fourth-order valence-electron chi connectivity index (χ4n) is 2.30. The van der Waals surface area contributed by atoms with Crippen LogP contribution in [-0.4, -0.2) is 42.6 Å². The zero-order valence-corrected chi connectivity index (χ0v) is 13.7. The van der Waals surface area contributed by atoms with Gasteiger partial charge in [0.2, 0.25) is 5.91 Å². The van der Waals surface area contributed by atoms with Gasteiger partial charge in [-0.2, -0.15) is 18.2 Å². The fraction of sp³-hybridized carbons (Fsp3) is 0.500. The number of hydrogen-bond acceptors (Lipinski definition) is 5. The Hall–Kier alpha value is -2.72. The van der Waals surface area contributed by atoms with Crippen molar-refractivity contribution in [2.45, 2.75) is 45.8 Å². The Balaban J connectivity index is 2.24. The van der Waals surface area contributed by atoms with Crippen LogP contribution in [0.1, 0.15) is 36.1 Å². The maximum absolute atomic E-state index is 12.7. The first-order chi connectivity index (χ1) is 11.5. The minimum Gasteiger partial charge on any atom is -0.480 e. The predicted octanol–water partition coefficient (Wildman–Crippen LogP) is 1.28. The molecule has 2 rings (SSSR count). The molecule has 0 aliphatic rings. The molecule has 0 saturated heterocycles. The van der Waals surface area contributed by atoms with Crippen molar-refractivity contribution in [1.29, 1.82) is 0 Å². The number of carboxylic acid groups (broad SMARTS) is 1. The second-order valence-electron chi connectivity index (χ2n) is 5.53. The zero-order valence-electron chi connectivity index (χ0n) is 13.7. The van der Waals surface area contributed by atoms with Gasteiger partial charge in [-0.05, 0) is 32.8 Å². The van der Waals surface area contributed by atoms with E-state index in [2.05, 4.69) is 20.4 Å². The van der Waals surface area contributed by atoms with Gasteiger partial charge in [-0.1, -0.05) is 0 Å². The Morgan fingerprint density at radius 2 is 1.92 bits per heavy atom. The second kappa shape index (κ2) is 6.65. The molecule has 0 spiro atoms. The average molecular weight is 359 g/mol. The molecule has 0 radical (unpaired) electrons. The van der Waals surface area contributed by atoms with Crippen LogP contribution in [0.3, 0.4) is 0 Å². The van der Waals surface area contributed by atoms with Gasteiger partial charge >= 0.3 is 12.1 Å². The lowest BCUT2D eigenvalue weighted by Gasteiger charge is -2.12. The van der Waals surface area contributed by atoms with E-state index in [-0.39, 0.29) is 18.6 Å². The number of aryl methyl sites for hydroxylation is 2. The Morgan fingerprint density at radius 3 is 2.48 bits per heavy atom. The molecule has 0 aromatic carbocycles. The molecule has 136 valence electrons. The van der Waals surface area contributed by atoms with Crippen molar-refractivity contribution >= 4 is 17.7 Å². The van der Waals surface area contributed by atoms with E-state index in [0.29, 0.717) is 17.0 Å². The number of carboxylic acids is 1. The predicted molar refractivity (Wildman–Crippen MR) is 78.8 cm³/mol. The highest BCUT2D eigenvalue weighted by Crippen LogP contribution is 2.27. The Kier molecular flexibility index (Phi) is 4.95. The Bertz CT molecular complexity index is 831. The summed E-state index contributed by atoms with van der Waals surface area (Å²) in [6, 6.07) is -1.03. The van der Waals surface area contributed by atoms with E-state index in [9.17, 15) is 22.8 Å². The summed E-state index contributed by atoms with van der Waals surface area (Å²) in [5.74, 6) is -3.10. The lowest BCUT2D eigenvalue weighted by atomic mass is 10.1. The fourth-order valence-corrected chi connectivity index (χ4v) is 2.30. The number of halogens is 3. The summed E-state index contributed by atoms with van der Waals surface area (Å²) in [5, 5.41) is 14.5. The number of nitrogens with one attached hydrogen (secondary N) is 1. The summed E-state index contributed by atoms with van der Waals surface area (Å²) in [6.45, 7) is 4.49. The first-order valence-corrected chi connectivity index (χ1v) is 7.33. The van der Waals surface area contributed by atoms with Crippen LogP contribution in [0.5, 0.6) is 0 Å². The summed E-state index contributed by atoms with van der Waals surface area (Å²) in [5.41, 5.74) is 1.39. The summed E-state index contributed by atoms with van der Waals surface area (Å²) < 4.78 is 39.2. The number of carbonyl (C=O) groups is 2. The standard InChI is InChI=1S/C14H16F3N5O3/c1-6-9(4-5-10(23)18-7(2)11(24)25)8(3)22-13(19-6)20-12(21-22)14(15,16)17/h7H,4-5H2,1-3H3,(H,18,23)(H,24,25)/t7-/m0/s1. The third-order valence-electron chi connectivity index (χ3n) is 3.65.